The van der Waals surface area contributed by atoms with Crippen LogP contribution in [0.25, 0.3) is 10.2 Å². The van der Waals surface area contributed by atoms with Gasteiger partial charge in [0.2, 0.25) is 0 Å². The standard InChI is InChI=1S/C25H33N3O4S/c1-6-7-15-32-19-11-9-18(10-12-19)24(29)28(14-8-13-27(2)3)25-26-20-16-21(30-4)22(31-5)17-23(20)33-25/h9-12,16-17H,6-8,13-15H2,1-5H3. The Bertz CT molecular complexity index is 1010. The van der Waals surface area contributed by atoms with E-state index < -0.39 is 0 Å². The largest absolute Gasteiger partial charge is 0.494 e. The van der Waals surface area contributed by atoms with Gasteiger partial charge in [0, 0.05) is 24.2 Å². The van der Waals surface area contributed by atoms with Gasteiger partial charge in [0.15, 0.2) is 16.6 Å². The molecule has 1 amide bonds. The SMILES string of the molecule is CCCCOc1ccc(C(=O)N(CCCN(C)C)c2nc3cc(OC)c(OC)cc3s2)cc1. The molecule has 0 saturated carbocycles. The summed E-state index contributed by atoms with van der Waals surface area (Å²) in [7, 11) is 7.27. The topological polar surface area (TPSA) is 64.1 Å². The monoisotopic (exact) mass is 471 g/mol. The molecule has 33 heavy (non-hydrogen) atoms. The van der Waals surface area contributed by atoms with Crippen LogP contribution in [0.15, 0.2) is 36.4 Å². The highest BCUT2D eigenvalue weighted by molar-refractivity contribution is 7.22. The normalized spacial score (nSPS) is 11.1. The van der Waals surface area contributed by atoms with Gasteiger partial charge in [0.05, 0.1) is 31.0 Å². The third kappa shape index (κ3) is 6.36. The molecule has 3 rings (SSSR count). The van der Waals surface area contributed by atoms with Crippen LogP contribution in [0.1, 0.15) is 36.5 Å². The molecule has 2 aromatic carbocycles. The first-order valence-corrected chi connectivity index (χ1v) is 12.0. The zero-order valence-corrected chi connectivity index (χ0v) is 20.9. The van der Waals surface area contributed by atoms with Crippen LogP contribution in [-0.2, 0) is 0 Å². The van der Waals surface area contributed by atoms with Gasteiger partial charge in [-0.25, -0.2) is 4.98 Å². The number of benzene rings is 2. The van der Waals surface area contributed by atoms with Crippen molar-refractivity contribution in [1.82, 2.24) is 9.88 Å². The van der Waals surface area contributed by atoms with Crippen LogP contribution in [0.4, 0.5) is 5.13 Å². The number of aromatic nitrogens is 1. The lowest BCUT2D eigenvalue weighted by atomic mass is 10.2. The van der Waals surface area contributed by atoms with E-state index in [4.69, 9.17) is 19.2 Å². The lowest BCUT2D eigenvalue weighted by Crippen LogP contribution is -2.33. The Labute approximate surface area is 199 Å². The highest BCUT2D eigenvalue weighted by Gasteiger charge is 2.22. The molecule has 178 valence electrons. The van der Waals surface area contributed by atoms with Crippen LogP contribution in [0.5, 0.6) is 17.2 Å². The van der Waals surface area contributed by atoms with Crippen molar-refractivity contribution in [2.24, 2.45) is 0 Å². The Morgan fingerprint density at radius 3 is 2.33 bits per heavy atom. The summed E-state index contributed by atoms with van der Waals surface area (Å²) in [4.78, 5) is 22.1. The first-order chi connectivity index (χ1) is 16.0. The lowest BCUT2D eigenvalue weighted by molar-refractivity contribution is 0.0986. The van der Waals surface area contributed by atoms with Crippen molar-refractivity contribution in [3.05, 3.63) is 42.0 Å². The number of methoxy groups -OCH3 is 2. The van der Waals surface area contributed by atoms with E-state index in [0.717, 1.165) is 41.8 Å². The summed E-state index contributed by atoms with van der Waals surface area (Å²) in [5.74, 6) is 1.96. The van der Waals surface area contributed by atoms with E-state index in [9.17, 15) is 4.79 Å². The summed E-state index contributed by atoms with van der Waals surface area (Å²) in [6.45, 7) is 4.25. The molecule has 0 saturated heterocycles. The molecule has 0 bridgehead atoms. The average Bonchev–Trinajstić information content (AvgIpc) is 3.23. The van der Waals surface area contributed by atoms with Gasteiger partial charge >= 0.3 is 0 Å². The van der Waals surface area contributed by atoms with E-state index in [1.165, 1.54) is 11.3 Å². The highest BCUT2D eigenvalue weighted by Crippen LogP contribution is 2.37. The van der Waals surface area contributed by atoms with Crippen LogP contribution in [0, 0.1) is 0 Å². The zero-order valence-electron chi connectivity index (χ0n) is 20.1. The van der Waals surface area contributed by atoms with Gasteiger partial charge in [-0.1, -0.05) is 24.7 Å². The van der Waals surface area contributed by atoms with E-state index in [-0.39, 0.29) is 5.91 Å². The Balaban J connectivity index is 1.88. The first kappa shape index (κ1) is 24.8. The maximum atomic E-state index is 13.5. The summed E-state index contributed by atoms with van der Waals surface area (Å²) in [5.41, 5.74) is 1.38. The summed E-state index contributed by atoms with van der Waals surface area (Å²) >= 11 is 1.47. The fourth-order valence-electron chi connectivity index (χ4n) is 3.37. The van der Waals surface area contributed by atoms with Gasteiger partial charge in [0.1, 0.15) is 5.75 Å². The molecule has 7 nitrogen and oxygen atoms in total. The minimum absolute atomic E-state index is 0.0770. The van der Waals surface area contributed by atoms with Crippen molar-refractivity contribution in [2.45, 2.75) is 26.2 Å². The fraction of sp³-hybridized carbons (Fsp3) is 0.440. The highest BCUT2D eigenvalue weighted by atomic mass is 32.1. The number of unbranched alkanes of at least 4 members (excludes halogenated alkanes) is 1. The van der Waals surface area contributed by atoms with Gasteiger partial charge in [-0.15, -0.1) is 0 Å². The van der Waals surface area contributed by atoms with Crippen LogP contribution >= 0.6 is 11.3 Å². The van der Waals surface area contributed by atoms with E-state index >= 15 is 0 Å². The minimum atomic E-state index is -0.0770. The molecular formula is C25H33N3O4S. The van der Waals surface area contributed by atoms with Gasteiger partial charge < -0.3 is 19.1 Å². The van der Waals surface area contributed by atoms with Crippen molar-refractivity contribution in [2.75, 3.05) is 52.9 Å². The number of amides is 1. The number of anilines is 1. The molecular weight excluding hydrogens is 438 g/mol. The smallest absolute Gasteiger partial charge is 0.260 e. The molecule has 8 heteroatoms. The fourth-order valence-corrected chi connectivity index (χ4v) is 4.37. The predicted molar refractivity (Wildman–Crippen MR) is 134 cm³/mol. The Morgan fingerprint density at radius 2 is 1.70 bits per heavy atom. The van der Waals surface area contributed by atoms with E-state index in [1.54, 1.807) is 19.1 Å². The number of thiazole rings is 1. The molecule has 0 aliphatic carbocycles. The summed E-state index contributed by atoms with van der Waals surface area (Å²) in [6.07, 6.45) is 2.92. The third-order valence-corrected chi connectivity index (χ3v) is 6.25. The van der Waals surface area contributed by atoms with E-state index in [0.29, 0.717) is 35.3 Å². The summed E-state index contributed by atoms with van der Waals surface area (Å²) < 4.78 is 17.5. The zero-order chi connectivity index (χ0) is 23.8. The Kier molecular flexibility index (Phi) is 8.91. The van der Waals surface area contributed by atoms with E-state index in [1.807, 2.05) is 50.5 Å². The van der Waals surface area contributed by atoms with Gasteiger partial charge in [0.25, 0.3) is 5.91 Å². The van der Waals surface area contributed by atoms with Gasteiger partial charge in [-0.05, 0) is 57.7 Å². The minimum Gasteiger partial charge on any atom is -0.494 e. The molecule has 1 aromatic heterocycles. The van der Waals surface area contributed by atoms with Crippen LogP contribution in [-0.4, -0.2) is 63.8 Å². The second kappa shape index (κ2) is 11.9. The third-order valence-electron chi connectivity index (χ3n) is 5.21. The van der Waals surface area contributed by atoms with Crippen molar-refractivity contribution < 1.29 is 19.0 Å². The molecule has 0 radical (unpaired) electrons. The van der Waals surface area contributed by atoms with Gasteiger partial charge in [-0.3, -0.25) is 9.69 Å². The Morgan fingerprint density at radius 1 is 1.00 bits per heavy atom. The second-order valence-electron chi connectivity index (χ2n) is 8.01. The first-order valence-electron chi connectivity index (χ1n) is 11.2. The Hall–Kier alpha value is -2.84. The quantitative estimate of drug-likeness (QED) is 0.343. The number of hydrogen-bond acceptors (Lipinski definition) is 7. The number of hydrogen-bond donors (Lipinski definition) is 0. The summed E-state index contributed by atoms with van der Waals surface area (Å²) in [6, 6.07) is 11.1. The number of carbonyl (C=O) groups excluding carboxylic acids is 1. The maximum absolute atomic E-state index is 13.5. The van der Waals surface area contributed by atoms with Crippen LogP contribution < -0.4 is 19.1 Å². The average molecular weight is 472 g/mol. The van der Waals surface area contributed by atoms with E-state index in [2.05, 4.69) is 11.8 Å². The van der Waals surface area contributed by atoms with Gasteiger partial charge in [-0.2, -0.15) is 0 Å². The number of rotatable bonds is 12. The van der Waals surface area contributed by atoms with Crippen molar-refractivity contribution in [3.63, 3.8) is 0 Å². The molecule has 0 spiro atoms. The molecule has 0 aliphatic heterocycles. The van der Waals surface area contributed by atoms with Crippen molar-refractivity contribution in [3.8, 4) is 17.2 Å². The van der Waals surface area contributed by atoms with Crippen LogP contribution in [0.2, 0.25) is 0 Å². The van der Waals surface area contributed by atoms with Crippen molar-refractivity contribution in [1.29, 1.82) is 0 Å². The summed E-state index contributed by atoms with van der Waals surface area (Å²) in [5, 5.41) is 0.660. The number of fused-ring (bicyclic) bond motifs is 1. The molecule has 0 aliphatic rings. The number of carbonyl (C=O) groups is 1. The predicted octanol–water partition coefficient (Wildman–Crippen LogP) is 5.09. The molecule has 0 unspecified atom stereocenters. The molecule has 3 aromatic rings. The second-order valence-corrected chi connectivity index (χ2v) is 9.02. The lowest BCUT2D eigenvalue weighted by Gasteiger charge is -2.21. The van der Waals surface area contributed by atoms with Crippen molar-refractivity contribution >= 4 is 32.6 Å². The number of ether oxygens (including phenoxy) is 3. The maximum Gasteiger partial charge on any atom is 0.260 e. The molecule has 0 atom stereocenters. The molecule has 1 heterocycles. The molecule has 0 fully saturated rings. The molecule has 0 N–H and O–H groups in total. The van der Waals surface area contributed by atoms with Crippen LogP contribution in [0.3, 0.4) is 0 Å². The number of nitrogens with zero attached hydrogens (tertiary/aromatic N) is 3.